The molecule has 0 aromatic rings. The number of ether oxygens (including phenoxy) is 6. The second-order valence-corrected chi connectivity index (χ2v) is 23.1. The average Bonchev–Trinajstić information content (AvgIpc) is 3.24. The molecule has 0 aromatic heterocycles. The van der Waals surface area contributed by atoms with Crippen LogP contribution in [0.4, 0.5) is 0 Å². The first-order valence-electron chi connectivity index (χ1n) is 23.7. The predicted octanol–water partition coefficient (Wildman–Crippen LogP) is 0.872. The number of rotatable bonds is 8. The lowest BCUT2D eigenvalue weighted by Crippen LogP contribution is -2.67. The molecule has 8 rings (SSSR count). The van der Waals surface area contributed by atoms with E-state index in [9.17, 15) is 60.7 Å². The zero-order chi connectivity index (χ0) is 47.6. The van der Waals surface area contributed by atoms with Crippen molar-refractivity contribution < 1.29 is 89.1 Å². The number of aliphatic carboxylic acids is 1. The molecule has 18 heteroatoms. The van der Waals surface area contributed by atoms with Crippen LogP contribution in [0.1, 0.15) is 113 Å². The first-order valence-corrected chi connectivity index (χ1v) is 23.7. The van der Waals surface area contributed by atoms with Gasteiger partial charge >= 0.3 is 11.9 Å². The average molecular weight is 927 g/mol. The third-order valence-corrected chi connectivity index (χ3v) is 18.9. The molecule has 18 nitrogen and oxygen atoms in total. The molecule has 65 heavy (non-hydrogen) atoms. The number of aliphatic hydroxyl groups excluding tert-OH is 9. The molecule has 10 N–H and O–H groups in total. The molecule has 3 saturated heterocycles. The Balaban J connectivity index is 1.03. The van der Waals surface area contributed by atoms with Gasteiger partial charge in [0.25, 0.3) is 0 Å². The third kappa shape index (κ3) is 7.76. The van der Waals surface area contributed by atoms with Crippen LogP contribution in [0.15, 0.2) is 11.6 Å². The molecule has 370 valence electrons. The highest BCUT2D eigenvalue weighted by Crippen LogP contribution is 2.76. The second kappa shape index (κ2) is 17.2. The second-order valence-electron chi connectivity index (χ2n) is 23.1. The van der Waals surface area contributed by atoms with E-state index in [4.69, 9.17) is 28.4 Å². The maximum atomic E-state index is 14.7. The fourth-order valence-corrected chi connectivity index (χ4v) is 14.7. The van der Waals surface area contributed by atoms with E-state index < -0.39 is 128 Å². The van der Waals surface area contributed by atoms with Gasteiger partial charge in [0, 0.05) is 0 Å². The molecular formula is C47H74O18. The summed E-state index contributed by atoms with van der Waals surface area (Å²) in [6, 6.07) is 0. The number of fused-ring (bicyclic) bond motifs is 7. The molecule has 5 aliphatic carbocycles. The number of hydrogen-bond donors (Lipinski definition) is 10. The third-order valence-electron chi connectivity index (χ3n) is 18.9. The van der Waals surface area contributed by atoms with Crippen LogP contribution in [0, 0.1) is 50.2 Å². The van der Waals surface area contributed by atoms with Crippen molar-refractivity contribution in [3.05, 3.63) is 11.6 Å². The number of carboxylic acids is 1. The number of esters is 1. The molecule has 3 aliphatic heterocycles. The standard InChI is InChI=1S/C47H74O18/c1-42(2)14-16-47(41(59)65-39-32(54)30(52)29(51)24(19-48)61-39)17-15-45(6)21(22(47)18-42)8-9-26-44(5)12-11-27(43(3,4)25(44)10-13-46(26,45)7)62-40-34(56)35(33(55)36(64-40)37(57)58)63-38-31(53)28(50)23(49)20-60-38/h8,22-36,38-40,48-56H,9-20H2,1-7H3,(H,57,58)/t22-,23-,24+,25?,26?,27-,28-,29+,30-,31+,32+,33-,34+,35-,36-,38-,39-,40+,44-,45+,46+,47-/m0/s1. The summed E-state index contributed by atoms with van der Waals surface area (Å²) in [5.41, 5.74) is -0.846. The first-order chi connectivity index (χ1) is 30.3. The van der Waals surface area contributed by atoms with E-state index in [1.165, 1.54) is 5.57 Å². The van der Waals surface area contributed by atoms with Gasteiger partial charge in [-0.05, 0) is 109 Å². The Morgan fingerprint density at radius 1 is 0.708 bits per heavy atom. The topological polar surface area (TPSA) is 292 Å². The minimum absolute atomic E-state index is 0.0677. The van der Waals surface area contributed by atoms with Crippen LogP contribution < -0.4 is 0 Å². The van der Waals surface area contributed by atoms with Crippen molar-refractivity contribution in [2.75, 3.05) is 13.2 Å². The first kappa shape index (κ1) is 49.5. The van der Waals surface area contributed by atoms with Gasteiger partial charge < -0.3 is 79.5 Å². The molecule has 0 aromatic carbocycles. The zero-order valence-corrected chi connectivity index (χ0v) is 38.7. The van der Waals surface area contributed by atoms with Crippen LogP contribution in [0.2, 0.25) is 0 Å². The summed E-state index contributed by atoms with van der Waals surface area (Å²) >= 11 is 0. The van der Waals surface area contributed by atoms with Crippen LogP contribution in [0.25, 0.3) is 0 Å². The Labute approximate surface area is 380 Å². The van der Waals surface area contributed by atoms with Gasteiger partial charge in [0.1, 0.15) is 61.0 Å². The van der Waals surface area contributed by atoms with Crippen LogP contribution in [-0.4, -0.2) is 168 Å². The lowest BCUT2D eigenvalue weighted by atomic mass is 9.33. The van der Waals surface area contributed by atoms with Gasteiger partial charge in [-0.1, -0.05) is 60.1 Å². The smallest absolute Gasteiger partial charge is 0.335 e. The molecule has 0 spiro atoms. The van der Waals surface area contributed by atoms with E-state index in [1.807, 2.05) is 0 Å². The van der Waals surface area contributed by atoms with Crippen LogP contribution in [0.5, 0.6) is 0 Å². The summed E-state index contributed by atoms with van der Waals surface area (Å²) in [7, 11) is 0. The van der Waals surface area contributed by atoms with Crippen molar-refractivity contribution >= 4 is 11.9 Å². The Morgan fingerprint density at radius 3 is 2.06 bits per heavy atom. The summed E-state index contributed by atoms with van der Waals surface area (Å²) < 4.78 is 35.1. The van der Waals surface area contributed by atoms with Gasteiger partial charge in [-0.25, -0.2) is 4.79 Å². The van der Waals surface area contributed by atoms with Gasteiger partial charge in [-0.15, -0.1) is 0 Å². The minimum atomic E-state index is -1.90. The van der Waals surface area contributed by atoms with Crippen molar-refractivity contribution in [1.82, 2.24) is 0 Å². The van der Waals surface area contributed by atoms with E-state index in [-0.39, 0.29) is 39.4 Å². The Bertz CT molecular complexity index is 1820. The van der Waals surface area contributed by atoms with Crippen LogP contribution in [-0.2, 0) is 38.0 Å². The van der Waals surface area contributed by atoms with E-state index in [1.54, 1.807) is 0 Å². The van der Waals surface area contributed by atoms with E-state index >= 15 is 0 Å². The number of carboxylic acid groups (broad SMARTS) is 1. The fraction of sp³-hybridized carbons (Fsp3) is 0.915. The largest absolute Gasteiger partial charge is 0.479 e. The van der Waals surface area contributed by atoms with Gasteiger partial charge in [0.2, 0.25) is 6.29 Å². The summed E-state index contributed by atoms with van der Waals surface area (Å²) in [5, 5.41) is 105. The molecule has 8 aliphatic rings. The predicted molar refractivity (Wildman–Crippen MR) is 225 cm³/mol. The summed E-state index contributed by atoms with van der Waals surface area (Å²) in [6.07, 6.45) is -13.7. The lowest BCUT2D eigenvalue weighted by Gasteiger charge is -2.71. The quantitative estimate of drug-likeness (QED) is 0.0918. The maximum Gasteiger partial charge on any atom is 0.335 e. The Hall–Kier alpha value is -1.88. The molecule has 3 heterocycles. The number of allylic oxidation sites excluding steroid dienone is 2. The number of aliphatic hydroxyl groups is 9. The molecule has 0 bridgehead atoms. The van der Waals surface area contributed by atoms with Gasteiger partial charge in [0.05, 0.1) is 24.7 Å². The summed E-state index contributed by atoms with van der Waals surface area (Å²) in [4.78, 5) is 27.0. The Morgan fingerprint density at radius 2 is 1.38 bits per heavy atom. The van der Waals surface area contributed by atoms with Gasteiger partial charge in [-0.2, -0.15) is 0 Å². The highest BCUT2D eigenvalue weighted by Gasteiger charge is 2.70. The van der Waals surface area contributed by atoms with Gasteiger partial charge in [-0.3, -0.25) is 4.79 Å². The van der Waals surface area contributed by atoms with Crippen molar-refractivity contribution in [2.24, 2.45) is 50.2 Å². The SMILES string of the molecule is CC1(C)CC[C@]2(C(=O)O[C@@H]3O[C@H](CO)[C@@H](O)[C@H](O)[C@H]3O)CC[C@]3(C)C(=CCC4[C@@]5(C)CC[C@H](O[C@@H]6O[C@H](C(=O)O)[C@@H](O)[C@H](O[C@@H]7OC[C@H](O)[C@H](O)[C@H]7O)[C@H]6O)C(C)(C)C5CC[C@]43C)[C@@H]2C1. The van der Waals surface area contributed by atoms with Crippen LogP contribution >= 0.6 is 0 Å². The van der Waals surface area contributed by atoms with Crippen molar-refractivity contribution in [2.45, 2.75) is 205 Å². The zero-order valence-electron chi connectivity index (χ0n) is 38.7. The number of carbonyl (C=O) groups is 2. The number of carbonyl (C=O) groups excluding carboxylic acids is 1. The maximum absolute atomic E-state index is 14.7. The van der Waals surface area contributed by atoms with Gasteiger partial charge in [0.15, 0.2) is 18.7 Å². The van der Waals surface area contributed by atoms with Crippen molar-refractivity contribution in [3.63, 3.8) is 0 Å². The van der Waals surface area contributed by atoms with E-state index in [0.29, 0.717) is 19.3 Å². The monoisotopic (exact) mass is 926 g/mol. The molecule has 4 saturated carbocycles. The molecule has 22 atom stereocenters. The number of hydrogen-bond acceptors (Lipinski definition) is 17. The normalized spacial score (nSPS) is 52.7. The minimum Gasteiger partial charge on any atom is -0.479 e. The summed E-state index contributed by atoms with van der Waals surface area (Å²) in [6.45, 7) is 14.9. The highest BCUT2D eigenvalue weighted by atomic mass is 16.7. The molecule has 0 amide bonds. The molecule has 0 radical (unpaired) electrons. The highest BCUT2D eigenvalue weighted by molar-refractivity contribution is 5.79. The van der Waals surface area contributed by atoms with Crippen molar-refractivity contribution in [1.29, 1.82) is 0 Å². The van der Waals surface area contributed by atoms with Crippen LogP contribution in [0.3, 0.4) is 0 Å². The molecule has 7 fully saturated rings. The summed E-state index contributed by atoms with van der Waals surface area (Å²) in [5.74, 6) is -1.80. The van der Waals surface area contributed by atoms with Crippen molar-refractivity contribution in [3.8, 4) is 0 Å². The Kier molecular flexibility index (Phi) is 13.1. The molecular weight excluding hydrogens is 852 g/mol. The lowest BCUT2D eigenvalue weighted by molar-refractivity contribution is -0.357. The van der Waals surface area contributed by atoms with E-state index in [2.05, 4.69) is 54.5 Å². The fourth-order valence-electron chi connectivity index (χ4n) is 14.7. The van der Waals surface area contributed by atoms with E-state index in [0.717, 1.165) is 44.9 Å². The molecule has 2 unspecified atom stereocenters.